The molecule has 0 saturated carbocycles. The molecule has 2 rings (SSSR count). The van der Waals surface area contributed by atoms with Crippen LogP contribution in [0.3, 0.4) is 0 Å². The van der Waals surface area contributed by atoms with Gasteiger partial charge in [-0.25, -0.2) is 4.98 Å². The number of hydrogen-bond donors (Lipinski definition) is 2. The van der Waals surface area contributed by atoms with Crippen LogP contribution in [0.4, 0.5) is 5.13 Å². The van der Waals surface area contributed by atoms with E-state index in [2.05, 4.69) is 47.7 Å². The van der Waals surface area contributed by atoms with Crippen molar-refractivity contribution in [3.8, 4) is 11.3 Å². The van der Waals surface area contributed by atoms with E-state index >= 15 is 0 Å². The summed E-state index contributed by atoms with van der Waals surface area (Å²) in [5.41, 5.74) is 4.46. The quantitative estimate of drug-likeness (QED) is 0.889. The third-order valence-corrected chi connectivity index (χ3v) is 3.77. The van der Waals surface area contributed by atoms with Crippen molar-refractivity contribution in [2.24, 2.45) is 0 Å². The van der Waals surface area contributed by atoms with Crippen LogP contribution in [0.25, 0.3) is 11.3 Å². The number of nitrogens with one attached hydrogen (secondary N) is 2. The van der Waals surface area contributed by atoms with Gasteiger partial charge in [-0.05, 0) is 26.5 Å². The number of amides is 1. The molecule has 0 spiro atoms. The summed E-state index contributed by atoms with van der Waals surface area (Å²) in [4.78, 5) is 16.1. The number of thiazole rings is 1. The number of aromatic nitrogens is 1. The smallest absolute Gasteiger partial charge is 0.227 e. The van der Waals surface area contributed by atoms with E-state index in [1.54, 1.807) is 0 Å². The van der Waals surface area contributed by atoms with E-state index in [4.69, 9.17) is 0 Å². The van der Waals surface area contributed by atoms with Crippen molar-refractivity contribution in [2.75, 3.05) is 18.9 Å². The van der Waals surface area contributed by atoms with Crippen LogP contribution in [0.1, 0.15) is 17.5 Å². The fourth-order valence-electron chi connectivity index (χ4n) is 1.98. The minimum Gasteiger partial charge on any atom is -0.319 e. The molecule has 20 heavy (non-hydrogen) atoms. The number of nitrogens with zero attached hydrogens (tertiary/aromatic N) is 1. The molecule has 106 valence electrons. The molecular weight excluding hydrogens is 270 g/mol. The van der Waals surface area contributed by atoms with Gasteiger partial charge < -0.3 is 10.6 Å². The zero-order valence-electron chi connectivity index (χ0n) is 12.0. The lowest BCUT2D eigenvalue weighted by atomic mass is 10.0. The summed E-state index contributed by atoms with van der Waals surface area (Å²) in [6.45, 7) is 4.82. The van der Waals surface area contributed by atoms with Gasteiger partial charge in [-0.2, -0.15) is 0 Å². The van der Waals surface area contributed by atoms with Gasteiger partial charge in [0.1, 0.15) is 0 Å². The molecule has 5 heteroatoms. The van der Waals surface area contributed by atoms with Gasteiger partial charge in [-0.1, -0.05) is 23.8 Å². The number of benzene rings is 1. The lowest BCUT2D eigenvalue weighted by molar-refractivity contribution is -0.116. The average Bonchev–Trinajstić information content (AvgIpc) is 2.84. The molecule has 2 aromatic rings. The molecule has 0 unspecified atom stereocenters. The summed E-state index contributed by atoms with van der Waals surface area (Å²) < 4.78 is 0. The maximum absolute atomic E-state index is 11.6. The van der Waals surface area contributed by atoms with Crippen LogP contribution in [0, 0.1) is 13.8 Å². The first-order valence-electron chi connectivity index (χ1n) is 6.57. The SMILES string of the molecule is CNCCC(=O)Nc1nc(-c2ccc(C)cc2C)cs1. The van der Waals surface area contributed by atoms with E-state index < -0.39 is 0 Å². The van der Waals surface area contributed by atoms with Gasteiger partial charge in [0.05, 0.1) is 5.69 Å². The molecule has 1 heterocycles. The van der Waals surface area contributed by atoms with Crippen LogP contribution in [0.5, 0.6) is 0 Å². The first-order valence-corrected chi connectivity index (χ1v) is 7.45. The standard InChI is InChI=1S/C15H19N3OS/c1-10-4-5-12(11(2)8-10)13-9-20-15(17-13)18-14(19)6-7-16-3/h4-5,8-9,16H,6-7H2,1-3H3,(H,17,18,19). The topological polar surface area (TPSA) is 54.0 Å². The normalized spacial score (nSPS) is 10.6. The first kappa shape index (κ1) is 14.7. The fraction of sp³-hybridized carbons (Fsp3) is 0.333. The Morgan fingerprint density at radius 1 is 1.35 bits per heavy atom. The summed E-state index contributed by atoms with van der Waals surface area (Å²) in [5, 5.41) is 8.41. The Kier molecular flexibility index (Phi) is 4.87. The summed E-state index contributed by atoms with van der Waals surface area (Å²) >= 11 is 1.46. The van der Waals surface area contributed by atoms with Gasteiger partial charge in [0, 0.05) is 23.9 Å². The molecule has 0 fully saturated rings. The van der Waals surface area contributed by atoms with E-state index in [1.807, 2.05) is 12.4 Å². The zero-order chi connectivity index (χ0) is 14.5. The lowest BCUT2D eigenvalue weighted by Gasteiger charge is -2.04. The number of rotatable bonds is 5. The third-order valence-electron chi connectivity index (χ3n) is 3.01. The molecule has 0 aliphatic heterocycles. The maximum Gasteiger partial charge on any atom is 0.227 e. The van der Waals surface area contributed by atoms with Gasteiger partial charge in [-0.15, -0.1) is 11.3 Å². The van der Waals surface area contributed by atoms with Gasteiger partial charge in [0.2, 0.25) is 5.91 Å². The van der Waals surface area contributed by atoms with Crippen molar-refractivity contribution in [1.29, 1.82) is 0 Å². The predicted molar refractivity (Wildman–Crippen MR) is 84.2 cm³/mol. The van der Waals surface area contributed by atoms with E-state index in [0.717, 1.165) is 11.3 Å². The Morgan fingerprint density at radius 3 is 2.85 bits per heavy atom. The Morgan fingerprint density at radius 2 is 2.15 bits per heavy atom. The summed E-state index contributed by atoms with van der Waals surface area (Å²) in [6.07, 6.45) is 0.453. The second-order valence-electron chi connectivity index (χ2n) is 4.76. The number of aryl methyl sites for hydroxylation is 2. The highest BCUT2D eigenvalue weighted by atomic mass is 32.1. The number of carbonyl (C=O) groups excluding carboxylic acids is 1. The van der Waals surface area contributed by atoms with E-state index in [1.165, 1.54) is 22.5 Å². The predicted octanol–water partition coefficient (Wildman–Crippen LogP) is 2.97. The van der Waals surface area contributed by atoms with Crippen LogP contribution in [-0.2, 0) is 4.79 Å². The Balaban J connectivity index is 2.10. The molecule has 0 bridgehead atoms. The second-order valence-corrected chi connectivity index (χ2v) is 5.62. The van der Waals surface area contributed by atoms with Crippen molar-refractivity contribution in [2.45, 2.75) is 20.3 Å². The van der Waals surface area contributed by atoms with Crippen LogP contribution in [-0.4, -0.2) is 24.5 Å². The molecule has 0 aliphatic carbocycles. The molecule has 2 N–H and O–H groups in total. The molecule has 0 atom stereocenters. The molecule has 1 aromatic carbocycles. The molecule has 1 aromatic heterocycles. The van der Waals surface area contributed by atoms with Crippen molar-refractivity contribution in [3.05, 3.63) is 34.7 Å². The zero-order valence-corrected chi connectivity index (χ0v) is 12.8. The van der Waals surface area contributed by atoms with E-state index in [9.17, 15) is 4.79 Å². The van der Waals surface area contributed by atoms with Gasteiger partial charge in [0.25, 0.3) is 0 Å². The molecule has 0 aliphatic rings. The van der Waals surface area contributed by atoms with Gasteiger partial charge >= 0.3 is 0 Å². The van der Waals surface area contributed by atoms with Crippen molar-refractivity contribution >= 4 is 22.4 Å². The van der Waals surface area contributed by atoms with Gasteiger partial charge in [0.15, 0.2) is 5.13 Å². The average molecular weight is 289 g/mol. The minimum atomic E-state index is -0.0131. The summed E-state index contributed by atoms with van der Waals surface area (Å²) in [6, 6.07) is 6.29. The largest absolute Gasteiger partial charge is 0.319 e. The fourth-order valence-corrected chi connectivity index (χ4v) is 2.70. The molecule has 0 radical (unpaired) electrons. The lowest BCUT2D eigenvalue weighted by Crippen LogP contribution is -2.18. The highest BCUT2D eigenvalue weighted by molar-refractivity contribution is 7.14. The second kappa shape index (κ2) is 6.63. The third kappa shape index (κ3) is 3.65. The van der Waals surface area contributed by atoms with E-state index in [-0.39, 0.29) is 5.91 Å². The molecular formula is C15H19N3OS. The Bertz CT molecular complexity index is 607. The van der Waals surface area contributed by atoms with Crippen molar-refractivity contribution in [1.82, 2.24) is 10.3 Å². The summed E-state index contributed by atoms with van der Waals surface area (Å²) in [5.74, 6) is -0.0131. The maximum atomic E-state index is 11.6. The van der Waals surface area contributed by atoms with Crippen molar-refractivity contribution in [3.63, 3.8) is 0 Å². The Labute approximate surface area is 123 Å². The van der Waals surface area contributed by atoms with Crippen LogP contribution < -0.4 is 10.6 Å². The van der Waals surface area contributed by atoms with Gasteiger partial charge in [-0.3, -0.25) is 4.79 Å². The van der Waals surface area contributed by atoms with Crippen molar-refractivity contribution < 1.29 is 4.79 Å². The first-order chi connectivity index (χ1) is 9.60. The summed E-state index contributed by atoms with van der Waals surface area (Å²) in [7, 11) is 1.83. The monoisotopic (exact) mass is 289 g/mol. The number of anilines is 1. The highest BCUT2D eigenvalue weighted by Crippen LogP contribution is 2.27. The van der Waals surface area contributed by atoms with Crippen LogP contribution >= 0.6 is 11.3 Å². The number of hydrogen-bond acceptors (Lipinski definition) is 4. The molecule has 0 saturated heterocycles. The molecule has 4 nitrogen and oxygen atoms in total. The van der Waals surface area contributed by atoms with Crippen LogP contribution in [0.15, 0.2) is 23.6 Å². The molecule has 1 amide bonds. The highest BCUT2D eigenvalue weighted by Gasteiger charge is 2.09. The van der Waals surface area contributed by atoms with E-state index in [0.29, 0.717) is 18.1 Å². The Hall–Kier alpha value is -1.72. The minimum absolute atomic E-state index is 0.0131. The van der Waals surface area contributed by atoms with Crippen LogP contribution in [0.2, 0.25) is 0 Å². The number of carbonyl (C=O) groups is 1.